The van der Waals surface area contributed by atoms with Crippen molar-refractivity contribution in [2.24, 2.45) is 0 Å². The normalized spacial score (nSPS) is 11.0. The van der Waals surface area contributed by atoms with Crippen LogP contribution in [0.4, 0.5) is 4.39 Å². The van der Waals surface area contributed by atoms with Gasteiger partial charge in [-0.15, -0.1) is 0 Å². The van der Waals surface area contributed by atoms with Crippen LogP contribution < -0.4 is 4.87 Å². The van der Waals surface area contributed by atoms with Crippen LogP contribution in [0, 0.1) is 12.7 Å². The number of thiazole rings is 1. The summed E-state index contributed by atoms with van der Waals surface area (Å²) in [6.07, 6.45) is 4.15. The van der Waals surface area contributed by atoms with Gasteiger partial charge < -0.3 is 9.47 Å². The number of hydrogen-bond donors (Lipinski definition) is 1. The van der Waals surface area contributed by atoms with E-state index in [2.05, 4.69) is 10.2 Å². The van der Waals surface area contributed by atoms with E-state index in [0.29, 0.717) is 19.5 Å². The Kier molecular flexibility index (Phi) is 7.57. The minimum Gasteiger partial charge on any atom is -0.346 e. The minimum atomic E-state index is -0.256. The van der Waals surface area contributed by atoms with Gasteiger partial charge in [-0.05, 0) is 56.5 Å². The zero-order valence-corrected chi connectivity index (χ0v) is 18.2. The molecule has 6 nitrogen and oxygen atoms in total. The van der Waals surface area contributed by atoms with Crippen LogP contribution in [0.25, 0.3) is 11.3 Å². The van der Waals surface area contributed by atoms with Gasteiger partial charge in [-0.3, -0.25) is 14.7 Å². The Hall–Kier alpha value is -2.74. The Bertz CT molecular complexity index is 1020. The van der Waals surface area contributed by atoms with Crippen molar-refractivity contribution in [3.05, 3.63) is 62.6 Å². The zero-order valence-electron chi connectivity index (χ0n) is 17.4. The first-order valence-corrected chi connectivity index (χ1v) is 11.0. The van der Waals surface area contributed by atoms with Crippen molar-refractivity contribution in [3.63, 3.8) is 0 Å². The van der Waals surface area contributed by atoms with Gasteiger partial charge >= 0.3 is 4.87 Å². The molecule has 30 heavy (non-hydrogen) atoms. The van der Waals surface area contributed by atoms with E-state index in [1.54, 1.807) is 21.6 Å². The lowest BCUT2D eigenvalue weighted by Crippen LogP contribution is -2.29. The molecular weight excluding hydrogens is 403 g/mol. The largest absolute Gasteiger partial charge is 0.346 e. The fourth-order valence-electron chi connectivity index (χ4n) is 3.30. The molecule has 0 spiro atoms. The summed E-state index contributed by atoms with van der Waals surface area (Å²) in [6.45, 7) is 3.03. The van der Waals surface area contributed by atoms with Gasteiger partial charge in [-0.25, -0.2) is 4.39 Å². The van der Waals surface area contributed by atoms with E-state index in [9.17, 15) is 14.0 Å². The molecular formula is C22H27FN4O2S. The molecule has 3 aromatic rings. The first-order chi connectivity index (χ1) is 14.4. The summed E-state index contributed by atoms with van der Waals surface area (Å²) in [5, 5.41) is 9.16. The summed E-state index contributed by atoms with van der Waals surface area (Å²) in [5.41, 5.74) is 3.66. The monoisotopic (exact) mass is 430 g/mol. The lowest BCUT2D eigenvalue weighted by atomic mass is 10.1. The summed E-state index contributed by atoms with van der Waals surface area (Å²) in [4.78, 5) is 25.7. The number of aromatic amines is 1. The fraction of sp³-hybridized carbons (Fsp3) is 0.409. The first-order valence-electron chi connectivity index (χ1n) is 10.1. The summed E-state index contributed by atoms with van der Waals surface area (Å²) in [5.74, 6) is -0.196. The van der Waals surface area contributed by atoms with Crippen LogP contribution in [0.15, 0.2) is 40.5 Å². The van der Waals surface area contributed by atoms with Gasteiger partial charge in [-0.1, -0.05) is 17.8 Å². The molecule has 1 N–H and O–H groups in total. The number of rotatable bonds is 10. The molecule has 0 saturated heterocycles. The molecule has 0 aliphatic carbocycles. The van der Waals surface area contributed by atoms with Crippen LogP contribution in [0.3, 0.4) is 0 Å². The van der Waals surface area contributed by atoms with Gasteiger partial charge in [0.1, 0.15) is 5.82 Å². The summed E-state index contributed by atoms with van der Waals surface area (Å²) in [6, 6.07) is 8.30. The molecule has 0 aliphatic rings. The highest BCUT2D eigenvalue weighted by Gasteiger charge is 2.11. The van der Waals surface area contributed by atoms with Crippen molar-refractivity contribution in [1.29, 1.82) is 0 Å². The lowest BCUT2D eigenvalue weighted by molar-refractivity contribution is -0.130. The summed E-state index contributed by atoms with van der Waals surface area (Å²) >= 11 is 1.17. The predicted molar refractivity (Wildman–Crippen MR) is 117 cm³/mol. The molecule has 2 heterocycles. The second-order valence-electron chi connectivity index (χ2n) is 7.46. The molecule has 0 saturated carbocycles. The number of unbranched alkanes of at least 4 members (excludes halogenated alkanes) is 2. The third kappa shape index (κ3) is 5.89. The molecule has 3 rings (SSSR count). The molecule has 0 unspecified atom stereocenters. The maximum absolute atomic E-state index is 13.0. The Morgan fingerprint density at radius 2 is 2.00 bits per heavy atom. The molecule has 8 heteroatoms. The van der Waals surface area contributed by atoms with Gasteiger partial charge in [-0.2, -0.15) is 5.10 Å². The molecule has 160 valence electrons. The van der Waals surface area contributed by atoms with E-state index < -0.39 is 0 Å². The van der Waals surface area contributed by atoms with Gasteiger partial charge in [0.2, 0.25) is 5.91 Å². The number of aryl methyl sites for hydroxylation is 2. The summed E-state index contributed by atoms with van der Waals surface area (Å²) in [7, 11) is 1.81. The Balaban J connectivity index is 1.34. The van der Waals surface area contributed by atoms with Crippen LogP contribution in [-0.2, 0) is 17.8 Å². The number of amides is 1. The lowest BCUT2D eigenvalue weighted by Gasteiger charge is -2.17. The first kappa shape index (κ1) is 22.0. The Labute approximate surface area is 179 Å². The zero-order chi connectivity index (χ0) is 21.5. The van der Waals surface area contributed by atoms with Crippen molar-refractivity contribution in [2.45, 2.75) is 45.6 Å². The quantitative estimate of drug-likeness (QED) is 0.494. The highest BCUT2D eigenvalue weighted by molar-refractivity contribution is 7.07. The van der Waals surface area contributed by atoms with Crippen molar-refractivity contribution >= 4 is 17.2 Å². The number of H-pyrrole nitrogens is 1. The maximum atomic E-state index is 13.0. The Morgan fingerprint density at radius 3 is 2.70 bits per heavy atom. The topological polar surface area (TPSA) is 71.0 Å². The number of carbonyl (C=O) groups is 1. The van der Waals surface area contributed by atoms with Crippen molar-refractivity contribution < 1.29 is 9.18 Å². The number of hydrogen-bond acceptors (Lipinski definition) is 4. The van der Waals surface area contributed by atoms with Crippen molar-refractivity contribution in [2.75, 3.05) is 13.6 Å². The van der Waals surface area contributed by atoms with Gasteiger partial charge in [0.05, 0.1) is 5.69 Å². The third-order valence-electron chi connectivity index (χ3n) is 5.16. The van der Waals surface area contributed by atoms with E-state index in [0.717, 1.165) is 48.3 Å². The number of benzene rings is 1. The Morgan fingerprint density at radius 1 is 1.23 bits per heavy atom. The molecule has 0 atom stereocenters. The predicted octanol–water partition coefficient (Wildman–Crippen LogP) is 4.01. The van der Waals surface area contributed by atoms with E-state index in [4.69, 9.17) is 0 Å². The van der Waals surface area contributed by atoms with E-state index in [1.807, 2.05) is 25.4 Å². The second kappa shape index (κ2) is 10.3. The van der Waals surface area contributed by atoms with E-state index >= 15 is 0 Å². The highest BCUT2D eigenvalue weighted by Crippen LogP contribution is 2.19. The van der Waals surface area contributed by atoms with Crippen molar-refractivity contribution in [3.8, 4) is 11.3 Å². The summed E-state index contributed by atoms with van der Waals surface area (Å²) < 4.78 is 14.7. The molecule has 1 amide bonds. The third-order valence-corrected chi connectivity index (χ3v) is 6.04. The molecule has 0 bridgehead atoms. The number of carbonyl (C=O) groups excluding carboxylic acids is 1. The van der Waals surface area contributed by atoms with Crippen LogP contribution in [0.1, 0.15) is 37.1 Å². The molecule has 0 radical (unpaired) electrons. The smallest absolute Gasteiger partial charge is 0.307 e. The minimum absolute atomic E-state index is 0.00987. The van der Waals surface area contributed by atoms with Crippen LogP contribution in [0.2, 0.25) is 0 Å². The molecule has 0 fully saturated rings. The van der Waals surface area contributed by atoms with E-state index in [1.165, 1.54) is 23.5 Å². The average molecular weight is 431 g/mol. The molecule has 0 aliphatic heterocycles. The average Bonchev–Trinajstić information content (AvgIpc) is 3.33. The fourth-order valence-corrected chi connectivity index (χ4v) is 4.06. The van der Waals surface area contributed by atoms with Gasteiger partial charge in [0, 0.05) is 48.9 Å². The highest BCUT2D eigenvalue weighted by atomic mass is 32.1. The maximum Gasteiger partial charge on any atom is 0.307 e. The van der Waals surface area contributed by atoms with Crippen LogP contribution in [0.5, 0.6) is 0 Å². The second-order valence-corrected chi connectivity index (χ2v) is 8.28. The standard InChI is InChI=1S/C22H27FN4O2S/c1-16-15-30-22(29)27(16)13-11-21(28)26(2)12-5-3-4-6-19-14-20(25-24-19)17-7-9-18(23)10-8-17/h7-10,14-15H,3-6,11-13H2,1-2H3,(H,24,25). The van der Waals surface area contributed by atoms with Crippen molar-refractivity contribution in [1.82, 2.24) is 19.7 Å². The van der Waals surface area contributed by atoms with Gasteiger partial charge in [0.25, 0.3) is 0 Å². The number of aromatic nitrogens is 3. The number of halogens is 1. The SMILES string of the molecule is Cc1csc(=O)n1CCC(=O)N(C)CCCCCc1cc(-c2ccc(F)cc2)n[nH]1. The molecule has 2 aromatic heterocycles. The number of nitrogens with one attached hydrogen (secondary N) is 1. The van der Waals surface area contributed by atoms with E-state index in [-0.39, 0.29) is 16.6 Å². The van der Waals surface area contributed by atoms with Crippen LogP contribution >= 0.6 is 11.3 Å². The molecule has 1 aromatic carbocycles. The van der Waals surface area contributed by atoms with Gasteiger partial charge in [0.15, 0.2) is 0 Å². The van der Waals surface area contributed by atoms with Crippen LogP contribution in [-0.4, -0.2) is 39.2 Å². The number of nitrogens with zero attached hydrogens (tertiary/aromatic N) is 3.